The summed E-state index contributed by atoms with van der Waals surface area (Å²) in [6.07, 6.45) is 2.10. The zero-order valence-corrected chi connectivity index (χ0v) is 16.9. The van der Waals surface area contributed by atoms with Crippen molar-refractivity contribution in [3.8, 4) is 0 Å². The highest BCUT2D eigenvalue weighted by atomic mass is 16.6. The summed E-state index contributed by atoms with van der Waals surface area (Å²) in [5, 5.41) is 17.4. The van der Waals surface area contributed by atoms with Crippen molar-refractivity contribution in [3.05, 3.63) is 75.8 Å². The van der Waals surface area contributed by atoms with Crippen molar-refractivity contribution < 1.29 is 4.92 Å². The molecule has 0 unspecified atom stereocenters. The third kappa shape index (κ3) is 3.03. The Morgan fingerprint density at radius 1 is 0.857 bits per heavy atom. The van der Waals surface area contributed by atoms with E-state index in [9.17, 15) is 10.1 Å². The highest BCUT2D eigenvalue weighted by molar-refractivity contribution is 5.96. The number of nitrogens with one attached hydrogen (secondary N) is 1. The predicted molar refractivity (Wildman–Crippen MR) is 116 cm³/mol. The zero-order chi connectivity index (χ0) is 20.1. The van der Waals surface area contributed by atoms with Gasteiger partial charge in [0.05, 0.1) is 4.92 Å². The van der Waals surface area contributed by atoms with E-state index in [1.807, 2.05) is 48.5 Å². The van der Waals surface area contributed by atoms with E-state index in [1.54, 1.807) is 6.07 Å². The summed E-state index contributed by atoms with van der Waals surface area (Å²) in [7, 11) is 0. The molecule has 0 heterocycles. The van der Waals surface area contributed by atoms with Gasteiger partial charge in [0, 0.05) is 17.1 Å². The monoisotopic (exact) mass is 374 g/mol. The summed E-state index contributed by atoms with van der Waals surface area (Å²) in [6, 6.07) is 17.9. The van der Waals surface area contributed by atoms with E-state index in [0.29, 0.717) is 5.69 Å². The van der Waals surface area contributed by atoms with Crippen LogP contribution in [0.5, 0.6) is 0 Å². The molecule has 0 atom stereocenters. The lowest BCUT2D eigenvalue weighted by molar-refractivity contribution is -0.384. The summed E-state index contributed by atoms with van der Waals surface area (Å²) < 4.78 is 0. The van der Waals surface area contributed by atoms with Crippen LogP contribution < -0.4 is 5.32 Å². The molecular weight excluding hydrogens is 348 g/mol. The average molecular weight is 374 g/mol. The molecule has 0 spiro atoms. The van der Waals surface area contributed by atoms with Gasteiger partial charge in [0.1, 0.15) is 5.69 Å². The Morgan fingerprint density at radius 2 is 1.46 bits per heavy atom. The number of nitro benzene ring substituents is 1. The minimum absolute atomic E-state index is 0.00479. The molecule has 144 valence electrons. The van der Waals surface area contributed by atoms with Crippen molar-refractivity contribution in [3.63, 3.8) is 0 Å². The fourth-order valence-electron chi connectivity index (χ4n) is 4.33. The molecule has 0 saturated carbocycles. The Bertz CT molecular complexity index is 1080. The molecule has 1 aliphatic carbocycles. The van der Waals surface area contributed by atoms with Crippen molar-refractivity contribution >= 4 is 27.8 Å². The number of hydrogen-bond donors (Lipinski definition) is 1. The first kappa shape index (κ1) is 18.5. The van der Waals surface area contributed by atoms with Crippen LogP contribution >= 0.6 is 0 Å². The zero-order valence-electron chi connectivity index (χ0n) is 16.9. The number of nitrogens with zero attached hydrogens (tertiary/aromatic N) is 1. The van der Waals surface area contributed by atoms with Gasteiger partial charge in [0.2, 0.25) is 0 Å². The maximum absolute atomic E-state index is 11.9. The fourth-order valence-corrected chi connectivity index (χ4v) is 4.33. The van der Waals surface area contributed by atoms with Crippen LogP contribution in [0.4, 0.5) is 17.1 Å². The van der Waals surface area contributed by atoms with Crippen molar-refractivity contribution in [2.24, 2.45) is 0 Å². The van der Waals surface area contributed by atoms with Crippen LogP contribution in [0, 0.1) is 10.1 Å². The van der Waals surface area contributed by atoms with Gasteiger partial charge in [0.15, 0.2) is 0 Å². The van der Waals surface area contributed by atoms with Crippen LogP contribution in [0.1, 0.15) is 51.7 Å². The van der Waals surface area contributed by atoms with Crippen molar-refractivity contribution in [1.82, 2.24) is 0 Å². The van der Waals surface area contributed by atoms with E-state index >= 15 is 0 Å². The van der Waals surface area contributed by atoms with E-state index in [2.05, 4.69) is 33.0 Å². The maximum Gasteiger partial charge on any atom is 0.292 e. The Kier molecular flexibility index (Phi) is 4.18. The Morgan fingerprint density at radius 3 is 2.14 bits per heavy atom. The minimum Gasteiger partial charge on any atom is -0.349 e. The summed E-state index contributed by atoms with van der Waals surface area (Å²) in [6.45, 7) is 8.83. The van der Waals surface area contributed by atoms with Crippen LogP contribution in [0.3, 0.4) is 0 Å². The topological polar surface area (TPSA) is 55.2 Å². The molecule has 3 aromatic rings. The first-order chi connectivity index (χ1) is 13.2. The third-order valence-electron chi connectivity index (χ3n) is 6.22. The summed E-state index contributed by atoms with van der Waals surface area (Å²) in [5.74, 6) is 0. The van der Waals surface area contributed by atoms with Crippen molar-refractivity contribution in [2.75, 3.05) is 5.32 Å². The van der Waals surface area contributed by atoms with Crippen LogP contribution in [-0.2, 0) is 10.8 Å². The van der Waals surface area contributed by atoms with Gasteiger partial charge in [-0.3, -0.25) is 10.1 Å². The standard InChI is InChI=1S/C24H26N2O2/c1-23(2)12-13-24(3,4)19-15-22(26(27)28)21(14-18(19)23)25-20-11-7-9-16-8-5-6-10-17(16)20/h5-11,14-15,25H,12-13H2,1-4H3. The number of hydrogen-bond acceptors (Lipinski definition) is 3. The van der Waals surface area contributed by atoms with Crippen molar-refractivity contribution in [1.29, 1.82) is 0 Å². The van der Waals surface area contributed by atoms with E-state index in [-0.39, 0.29) is 21.4 Å². The summed E-state index contributed by atoms with van der Waals surface area (Å²) >= 11 is 0. The lowest BCUT2D eigenvalue weighted by Crippen LogP contribution is -2.34. The SMILES string of the molecule is CC1(C)CCC(C)(C)c2cc([N+](=O)[O-])c(Nc3cccc4ccccc34)cc21. The van der Waals surface area contributed by atoms with E-state index < -0.39 is 0 Å². The largest absolute Gasteiger partial charge is 0.349 e. The van der Waals surface area contributed by atoms with E-state index in [4.69, 9.17) is 0 Å². The number of benzene rings is 3. The number of rotatable bonds is 3. The maximum atomic E-state index is 11.9. The van der Waals surface area contributed by atoms with Gasteiger partial charge in [-0.05, 0) is 52.3 Å². The smallest absolute Gasteiger partial charge is 0.292 e. The quantitative estimate of drug-likeness (QED) is 0.403. The molecule has 0 bridgehead atoms. The van der Waals surface area contributed by atoms with Gasteiger partial charge in [-0.2, -0.15) is 0 Å². The van der Waals surface area contributed by atoms with Gasteiger partial charge < -0.3 is 5.32 Å². The number of anilines is 2. The first-order valence-electron chi connectivity index (χ1n) is 9.77. The van der Waals surface area contributed by atoms with Crippen molar-refractivity contribution in [2.45, 2.75) is 51.4 Å². The number of fused-ring (bicyclic) bond motifs is 2. The molecular formula is C24H26N2O2. The highest BCUT2D eigenvalue weighted by Crippen LogP contribution is 2.49. The van der Waals surface area contributed by atoms with E-state index in [0.717, 1.165) is 34.9 Å². The average Bonchev–Trinajstić information content (AvgIpc) is 2.65. The van der Waals surface area contributed by atoms with Crippen LogP contribution in [-0.4, -0.2) is 4.92 Å². The van der Waals surface area contributed by atoms with Crippen LogP contribution in [0.15, 0.2) is 54.6 Å². The lowest BCUT2D eigenvalue weighted by atomic mass is 9.63. The fraction of sp³-hybridized carbons (Fsp3) is 0.333. The molecule has 4 heteroatoms. The Labute approximate surface area is 165 Å². The molecule has 0 aromatic heterocycles. The second-order valence-electron chi connectivity index (χ2n) is 9.09. The normalized spacial score (nSPS) is 17.1. The summed E-state index contributed by atoms with van der Waals surface area (Å²) in [4.78, 5) is 11.6. The van der Waals surface area contributed by atoms with Gasteiger partial charge in [-0.1, -0.05) is 64.1 Å². The first-order valence-corrected chi connectivity index (χ1v) is 9.77. The lowest BCUT2D eigenvalue weighted by Gasteiger charge is -2.41. The molecule has 3 aromatic carbocycles. The van der Waals surface area contributed by atoms with Gasteiger partial charge in [0.25, 0.3) is 5.69 Å². The molecule has 1 N–H and O–H groups in total. The van der Waals surface area contributed by atoms with Gasteiger partial charge >= 0.3 is 0 Å². The molecule has 0 saturated heterocycles. The Hall–Kier alpha value is -2.88. The number of nitro groups is 1. The van der Waals surface area contributed by atoms with Gasteiger partial charge in [-0.25, -0.2) is 0 Å². The molecule has 4 rings (SSSR count). The van der Waals surface area contributed by atoms with Crippen LogP contribution in [0.25, 0.3) is 10.8 Å². The molecule has 0 fully saturated rings. The van der Waals surface area contributed by atoms with Gasteiger partial charge in [-0.15, -0.1) is 0 Å². The molecule has 0 amide bonds. The molecule has 0 aliphatic heterocycles. The third-order valence-corrected chi connectivity index (χ3v) is 6.22. The second kappa shape index (κ2) is 6.33. The minimum atomic E-state index is -0.272. The van der Waals surface area contributed by atoms with E-state index in [1.165, 1.54) is 5.56 Å². The molecule has 1 aliphatic rings. The molecule has 0 radical (unpaired) electrons. The predicted octanol–water partition coefficient (Wildman–Crippen LogP) is 6.84. The highest BCUT2D eigenvalue weighted by Gasteiger charge is 2.39. The molecule has 4 nitrogen and oxygen atoms in total. The molecule has 28 heavy (non-hydrogen) atoms. The second-order valence-corrected chi connectivity index (χ2v) is 9.09. The Balaban J connectivity index is 1.90. The van der Waals surface area contributed by atoms with Crippen LogP contribution in [0.2, 0.25) is 0 Å². The summed E-state index contributed by atoms with van der Waals surface area (Å²) in [5.41, 5.74) is 3.82.